The van der Waals surface area contributed by atoms with Crippen LogP contribution >= 0.6 is 15.9 Å². The zero-order chi connectivity index (χ0) is 21.3. The summed E-state index contributed by atoms with van der Waals surface area (Å²) in [5.41, 5.74) is -0.588. The molecule has 0 radical (unpaired) electrons. The molecule has 29 heavy (non-hydrogen) atoms. The molecule has 1 amide bonds. The van der Waals surface area contributed by atoms with E-state index in [-0.39, 0.29) is 22.4 Å². The SMILES string of the molecule is COC(=O)C1=C(C)N(c2ccc(Br)cc2)C(=O)/C1=C\c1ccccc1C(F)(F)F. The molecule has 0 atom stereocenters. The van der Waals surface area contributed by atoms with Crippen molar-refractivity contribution in [3.63, 3.8) is 0 Å². The van der Waals surface area contributed by atoms with Crippen LogP contribution in [0.2, 0.25) is 0 Å². The van der Waals surface area contributed by atoms with E-state index in [1.165, 1.54) is 23.1 Å². The minimum Gasteiger partial charge on any atom is -0.465 e. The fourth-order valence-corrected chi connectivity index (χ4v) is 3.38. The van der Waals surface area contributed by atoms with E-state index in [1.54, 1.807) is 31.2 Å². The monoisotopic (exact) mass is 465 g/mol. The summed E-state index contributed by atoms with van der Waals surface area (Å²) >= 11 is 3.31. The lowest BCUT2D eigenvalue weighted by molar-refractivity contribution is -0.138. The first-order chi connectivity index (χ1) is 13.6. The smallest absolute Gasteiger partial charge is 0.416 e. The fourth-order valence-electron chi connectivity index (χ4n) is 3.12. The largest absolute Gasteiger partial charge is 0.465 e. The molecule has 4 nitrogen and oxygen atoms in total. The van der Waals surface area contributed by atoms with Gasteiger partial charge in [0.25, 0.3) is 5.91 Å². The summed E-state index contributed by atoms with van der Waals surface area (Å²) in [6.07, 6.45) is -3.52. The number of rotatable bonds is 3. The van der Waals surface area contributed by atoms with Crippen LogP contribution < -0.4 is 4.90 Å². The van der Waals surface area contributed by atoms with E-state index >= 15 is 0 Å². The zero-order valence-corrected chi connectivity index (χ0v) is 17.0. The molecular weight excluding hydrogens is 451 g/mol. The zero-order valence-electron chi connectivity index (χ0n) is 15.4. The number of carbonyl (C=O) groups excluding carboxylic acids is 2. The summed E-state index contributed by atoms with van der Waals surface area (Å²) in [6, 6.07) is 11.6. The lowest BCUT2D eigenvalue weighted by atomic mass is 10.00. The minimum atomic E-state index is -4.61. The van der Waals surface area contributed by atoms with E-state index in [0.29, 0.717) is 5.69 Å². The van der Waals surface area contributed by atoms with Crippen LogP contribution in [-0.2, 0) is 20.5 Å². The van der Waals surface area contributed by atoms with Gasteiger partial charge >= 0.3 is 12.1 Å². The summed E-state index contributed by atoms with van der Waals surface area (Å²) in [7, 11) is 1.15. The van der Waals surface area contributed by atoms with Gasteiger partial charge in [-0.25, -0.2) is 4.79 Å². The predicted molar refractivity (Wildman–Crippen MR) is 106 cm³/mol. The van der Waals surface area contributed by atoms with Crippen LogP contribution in [0.5, 0.6) is 0 Å². The number of carbonyl (C=O) groups is 2. The van der Waals surface area contributed by atoms with Crippen LogP contribution in [-0.4, -0.2) is 19.0 Å². The number of hydrogen-bond donors (Lipinski definition) is 0. The molecule has 0 fully saturated rings. The topological polar surface area (TPSA) is 46.6 Å². The first kappa shape index (κ1) is 20.9. The molecule has 0 aliphatic carbocycles. The fraction of sp³-hybridized carbons (Fsp3) is 0.143. The molecule has 150 valence electrons. The molecular formula is C21H15BrF3NO3. The molecule has 3 rings (SSSR count). The van der Waals surface area contributed by atoms with Crippen molar-refractivity contribution < 1.29 is 27.5 Å². The van der Waals surface area contributed by atoms with Gasteiger partial charge in [0.15, 0.2) is 0 Å². The molecule has 8 heteroatoms. The Morgan fingerprint density at radius 1 is 1.10 bits per heavy atom. The van der Waals surface area contributed by atoms with Crippen molar-refractivity contribution in [2.75, 3.05) is 12.0 Å². The van der Waals surface area contributed by atoms with Crippen molar-refractivity contribution in [2.45, 2.75) is 13.1 Å². The van der Waals surface area contributed by atoms with Crippen LogP contribution in [0.15, 0.2) is 69.8 Å². The lowest BCUT2D eigenvalue weighted by Crippen LogP contribution is -2.24. The Morgan fingerprint density at radius 2 is 1.72 bits per heavy atom. The Labute approximate surface area is 173 Å². The van der Waals surface area contributed by atoms with Crippen molar-refractivity contribution in [2.24, 2.45) is 0 Å². The summed E-state index contributed by atoms with van der Waals surface area (Å²) in [4.78, 5) is 26.7. The van der Waals surface area contributed by atoms with E-state index in [2.05, 4.69) is 15.9 Å². The molecule has 0 saturated carbocycles. The normalized spacial score (nSPS) is 16.0. The second-order valence-electron chi connectivity index (χ2n) is 6.21. The Balaban J connectivity index is 2.19. The van der Waals surface area contributed by atoms with Gasteiger partial charge < -0.3 is 4.74 Å². The van der Waals surface area contributed by atoms with Crippen molar-refractivity contribution in [3.8, 4) is 0 Å². The highest BCUT2D eigenvalue weighted by atomic mass is 79.9. The molecule has 1 heterocycles. The van der Waals surface area contributed by atoms with Gasteiger partial charge in [-0.05, 0) is 48.9 Å². The quantitative estimate of drug-likeness (QED) is 0.453. The van der Waals surface area contributed by atoms with Crippen LogP contribution in [0.3, 0.4) is 0 Å². The third-order valence-corrected chi connectivity index (χ3v) is 4.97. The second kappa shape index (κ2) is 7.87. The van der Waals surface area contributed by atoms with Crippen LogP contribution in [0.4, 0.5) is 18.9 Å². The first-order valence-corrected chi connectivity index (χ1v) is 9.22. The summed E-state index contributed by atoms with van der Waals surface area (Å²) in [5, 5.41) is 0. The maximum absolute atomic E-state index is 13.4. The van der Waals surface area contributed by atoms with Crippen molar-refractivity contribution in [1.82, 2.24) is 0 Å². The van der Waals surface area contributed by atoms with Crippen molar-refractivity contribution >= 4 is 39.6 Å². The minimum absolute atomic E-state index is 0.0719. The van der Waals surface area contributed by atoms with Gasteiger partial charge in [0.2, 0.25) is 0 Å². The molecule has 2 aromatic carbocycles. The van der Waals surface area contributed by atoms with E-state index in [0.717, 1.165) is 23.7 Å². The number of halogens is 4. The van der Waals surface area contributed by atoms with Gasteiger partial charge in [-0.3, -0.25) is 9.69 Å². The molecule has 0 unspecified atom stereocenters. The Kier molecular flexibility index (Phi) is 5.66. The molecule has 0 aromatic heterocycles. The summed E-state index contributed by atoms with van der Waals surface area (Å²) in [6.45, 7) is 1.54. The van der Waals surface area contributed by atoms with Gasteiger partial charge in [0.05, 0.1) is 23.8 Å². The molecule has 1 aliphatic heterocycles. The highest BCUT2D eigenvalue weighted by Gasteiger charge is 2.39. The van der Waals surface area contributed by atoms with E-state index in [4.69, 9.17) is 4.74 Å². The molecule has 2 aromatic rings. The predicted octanol–water partition coefficient (Wildman–Crippen LogP) is 5.35. The molecule has 0 saturated heterocycles. The van der Waals surface area contributed by atoms with Crippen LogP contribution in [0.1, 0.15) is 18.1 Å². The van der Waals surface area contributed by atoms with Crippen LogP contribution in [0.25, 0.3) is 6.08 Å². The molecule has 0 bridgehead atoms. The lowest BCUT2D eigenvalue weighted by Gasteiger charge is -2.18. The number of ether oxygens (including phenoxy) is 1. The molecule has 0 N–H and O–H groups in total. The maximum atomic E-state index is 13.4. The van der Waals surface area contributed by atoms with E-state index < -0.39 is 23.6 Å². The van der Waals surface area contributed by atoms with Crippen LogP contribution in [0, 0.1) is 0 Å². The standard InChI is InChI=1S/C21H15BrF3NO3/c1-12-18(20(28)29-2)16(11-13-5-3-4-6-17(13)21(23,24)25)19(27)26(12)15-9-7-14(22)8-10-15/h3-11H,1-2H3/b16-11-. The average molecular weight is 466 g/mol. The number of hydrogen-bond acceptors (Lipinski definition) is 3. The summed E-state index contributed by atoms with van der Waals surface area (Å²) < 4.78 is 45.7. The van der Waals surface area contributed by atoms with Crippen molar-refractivity contribution in [1.29, 1.82) is 0 Å². The third kappa shape index (κ3) is 3.98. The first-order valence-electron chi connectivity index (χ1n) is 8.42. The highest BCUT2D eigenvalue weighted by molar-refractivity contribution is 9.10. The molecule has 0 spiro atoms. The maximum Gasteiger partial charge on any atom is 0.416 e. The van der Waals surface area contributed by atoms with Gasteiger partial charge in [-0.15, -0.1) is 0 Å². The highest BCUT2D eigenvalue weighted by Crippen LogP contribution is 2.38. The van der Waals surface area contributed by atoms with Gasteiger partial charge in [0, 0.05) is 15.9 Å². The van der Waals surface area contributed by atoms with E-state index in [1.807, 2.05) is 0 Å². The van der Waals surface area contributed by atoms with Gasteiger partial charge in [0.1, 0.15) is 0 Å². The second-order valence-corrected chi connectivity index (χ2v) is 7.13. The number of allylic oxidation sites excluding steroid dienone is 1. The number of methoxy groups -OCH3 is 1. The number of nitrogens with zero attached hydrogens (tertiary/aromatic N) is 1. The number of benzene rings is 2. The Hall–Kier alpha value is -2.87. The Morgan fingerprint density at radius 3 is 2.31 bits per heavy atom. The number of amides is 1. The number of anilines is 1. The van der Waals surface area contributed by atoms with Crippen molar-refractivity contribution in [3.05, 3.63) is 81.0 Å². The molecule has 1 aliphatic rings. The number of alkyl halides is 3. The van der Waals surface area contributed by atoms with Gasteiger partial charge in [-0.2, -0.15) is 13.2 Å². The summed E-state index contributed by atoms with van der Waals surface area (Å²) in [5.74, 6) is -1.41. The third-order valence-electron chi connectivity index (χ3n) is 4.44. The Bertz CT molecular complexity index is 1040. The number of esters is 1. The van der Waals surface area contributed by atoms with E-state index in [9.17, 15) is 22.8 Å². The average Bonchev–Trinajstić information content (AvgIpc) is 2.91. The van der Waals surface area contributed by atoms with Gasteiger partial charge in [-0.1, -0.05) is 34.1 Å².